The third kappa shape index (κ3) is 4.01. The first-order valence-corrected chi connectivity index (χ1v) is 8.52. The molecule has 1 aromatic heterocycles. The van der Waals surface area contributed by atoms with Crippen LogP contribution in [-0.2, 0) is 19.4 Å². The molecule has 20 heavy (non-hydrogen) atoms. The van der Waals surface area contributed by atoms with E-state index in [0.29, 0.717) is 6.04 Å². The molecular weight excluding hydrogens is 268 g/mol. The first-order valence-electron chi connectivity index (χ1n) is 7.71. The predicted octanol–water partition coefficient (Wildman–Crippen LogP) is 1.60. The Morgan fingerprint density at radius 2 is 2.10 bits per heavy atom. The van der Waals surface area contributed by atoms with Crippen LogP contribution in [0.2, 0.25) is 0 Å². The minimum atomic E-state index is 0.608. The molecule has 1 unspecified atom stereocenters. The lowest BCUT2D eigenvalue weighted by molar-refractivity contribution is 0.114. The molecule has 0 amide bonds. The maximum Gasteiger partial charge on any atom is 0.0947 e. The summed E-state index contributed by atoms with van der Waals surface area (Å²) in [6.45, 7) is 9.84. The molecule has 1 saturated heterocycles. The summed E-state index contributed by atoms with van der Waals surface area (Å²) in [5.41, 5.74) is 1.29. The fourth-order valence-electron chi connectivity index (χ4n) is 2.70. The van der Waals surface area contributed by atoms with Crippen LogP contribution >= 0.6 is 11.3 Å². The highest BCUT2D eigenvalue weighted by Crippen LogP contribution is 2.22. The van der Waals surface area contributed by atoms with Gasteiger partial charge in [0.2, 0.25) is 0 Å². The molecule has 0 aliphatic carbocycles. The lowest BCUT2D eigenvalue weighted by Crippen LogP contribution is -2.50. The van der Waals surface area contributed by atoms with Crippen LogP contribution in [0.1, 0.15) is 29.4 Å². The molecule has 1 atom stereocenters. The smallest absolute Gasteiger partial charge is 0.0947 e. The van der Waals surface area contributed by atoms with E-state index in [2.05, 4.69) is 43.1 Å². The normalized spacial score (nSPS) is 21.5. The van der Waals surface area contributed by atoms with E-state index in [1.54, 1.807) is 0 Å². The molecule has 0 bridgehead atoms. The number of aryl methyl sites for hydroxylation is 1. The van der Waals surface area contributed by atoms with Gasteiger partial charge in [0, 0.05) is 43.5 Å². The van der Waals surface area contributed by atoms with Crippen molar-refractivity contribution in [2.45, 2.75) is 39.3 Å². The molecule has 0 saturated carbocycles. The number of aromatic nitrogens is 1. The Morgan fingerprint density at radius 1 is 1.30 bits per heavy atom. The molecular formula is C15H28N4S. The maximum atomic E-state index is 4.87. The summed E-state index contributed by atoms with van der Waals surface area (Å²) in [6, 6.07) is 0.608. The molecule has 2 rings (SSSR count). The van der Waals surface area contributed by atoms with E-state index in [9.17, 15) is 0 Å². The molecule has 0 aromatic carbocycles. The van der Waals surface area contributed by atoms with Gasteiger partial charge in [0.25, 0.3) is 0 Å². The molecule has 0 spiro atoms. The van der Waals surface area contributed by atoms with Gasteiger partial charge in [-0.05, 0) is 27.1 Å². The van der Waals surface area contributed by atoms with Gasteiger partial charge in [-0.25, -0.2) is 4.98 Å². The third-order valence-electron chi connectivity index (χ3n) is 4.08. The summed E-state index contributed by atoms with van der Waals surface area (Å²) in [4.78, 5) is 11.2. The largest absolute Gasteiger partial charge is 0.312 e. The van der Waals surface area contributed by atoms with Gasteiger partial charge < -0.3 is 15.1 Å². The van der Waals surface area contributed by atoms with Crippen molar-refractivity contribution in [3.63, 3.8) is 0 Å². The molecule has 2 heterocycles. The van der Waals surface area contributed by atoms with Crippen LogP contribution in [0, 0.1) is 0 Å². The zero-order valence-electron chi connectivity index (χ0n) is 13.3. The average molecular weight is 296 g/mol. The molecule has 114 valence electrons. The predicted molar refractivity (Wildman–Crippen MR) is 86.5 cm³/mol. The van der Waals surface area contributed by atoms with Crippen molar-refractivity contribution in [1.29, 1.82) is 0 Å². The van der Waals surface area contributed by atoms with Gasteiger partial charge >= 0.3 is 0 Å². The summed E-state index contributed by atoms with van der Waals surface area (Å²) in [5, 5.41) is 4.73. The van der Waals surface area contributed by atoms with Gasteiger partial charge in [0.05, 0.1) is 10.7 Å². The number of nitrogens with zero attached hydrogens (tertiary/aromatic N) is 3. The highest BCUT2D eigenvalue weighted by atomic mass is 32.1. The number of rotatable bonds is 6. The van der Waals surface area contributed by atoms with Gasteiger partial charge in [0.1, 0.15) is 0 Å². The van der Waals surface area contributed by atoms with Gasteiger partial charge in [-0.3, -0.25) is 0 Å². The maximum absolute atomic E-state index is 4.87. The average Bonchev–Trinajstić information content (AvgIpc) is 2.82. The minimum Gasteiger partial charge on any atom is -0.312 e. The Bertz CT molecular complexity index is 418. The summed E-state index contributed by atoms with van der Waals surface area (Å²) < 4.78 is 0. The Labute approximate surface area is 127 Å². The van der Waals surface area contributed by atoms with Crippen LogP contribution in [0.25, 0.3) is 0 Å². The first-order chi connectivity index (χ1) is 9.63. The van der Waals surface area contributed by atoms with Crippen molar-refractivity contribution in [3.05, 3.63) is 15.6 Å². The van der Waals surface area contributed by atoms with E-state index in [1.807, 2.05) is 11.3 Å². The summed E-state index contributed by atoms with van der Waals surface area (Å²) in [5.74, 6) is 0. The zero-order valence-corrected chi connectivity index (χ0v) is 14.1. The molecule has 1 aromatic rings. The van der Waals surface area contributed by atoms with Crippen molar-refractivity contribution in [2.75, 3.05) is 40.3 Å². The van der Waals surface area contributed by atoms with Gasteiger partial charge in [-0.2, -0.15) is 0 Å². The molecule has 1 aliphatic rings. The number of likely N-dealkylation sites (N-methyl/N-ethyl adjacent to an activating group) is 2. The van der Waals surface area contributed by atoms with Gasteiger partial charge in [-0.1, -0.05) is 13.8 Å². The molecule has 0 radical (unpaired) electrons. The second kappa shape index (κ2) is 7.50. The highest BCUT2D eigenvalue weighted by Gasteiger charge is 2.24. The molecule has 4 nitrogen and oxygen atoms in total. The Balaban J connectivity index is 2.03. The second-order valence-electron chi connectivity index (χ2n) is 5.71. The lowest BCUT2D eigenvalue weighted by atomic mass is 10.1. The van der Waals surface area contributed by atoms with Crippen LogP contribution in [0.5, 0.6) is 0 Å². The summed E-state index contributed by atoms with van der Waals surface area (Å²) >= 11 is 1.90. The third-order valence-corrected chi connectivity index (χ3v) is 5.20. The van der Waals surface area contributed by atoms with E-state index in [1.165, 1.54) is 22.1 Å². The Morgan fingerprint density at radius 3 is 2.80 bits per heavy atom. The molecule has 5 heteroatoms. The van der Waals surface area contributed by atoms with E-state index in [0.717, 1.165) is 39.0 Å². The highest BCUT2D eigenvalue weighted by molar-refractivity contribution is 7.11. The summed E-state index contributed by atoms with van der Waals surface area (Å²) in [6.07, 6.45) is 2.13. The van der Waals surface area contributed by atoms with Crippen molar-refractivity contribution in [3.8, 4) is 0 Å². The monoisotopic (exact) mass is 296 g/mol. The number of thiazole rings is 1. The van der Waals surface area contributed by atoms with Crippen molar-refractivity contribution in [1.82, 2.24) is 20.1 Å². The van der Waals surface area contributed by atoms with Crippen molar-refractivity contribution < 1.29 is 0 Å². The van der Waals surface area contributed by atoms with Crippen LogP contribution in [-0.4, -0.2) is 61.1 Å². The number of hydrogen-bond acceptors (Lipinski definition) is 5. The fraction of sp³-hybridized carbons (Fsp3) is 0.800. The molecule has 1 N–H and O–H groups in total. The van der Waals surface area contributed by atoms with Crippen LogP contribution in [0.4, 0.5) is 0 Å². The van der Waals surface area contributed by atoms with Gasteiger partial charge in [-0.15, -0.1) is 11.3 Å². The van der Waals surface area contributed by atoms with Crippen molar-refractivity contribution >= 4 is 11.3 Å². The first kappa shape index (κ1) is 15.9. The minimum absolute atomic E-state index is 0.608. The number of nitrogens with one attached hydrogen (secondary N) is 1. The van der Waals surface area contributed by atoms with E-state index < -0.39 is 0 Å². The Hall–Kier alpha value is -0.490. The summed E-state index contributed by atoms with van der Waals surface area (Å²) in [7, 11) is 4.46. The van der Waals surface area contributed by atoms with Gasteiger partial charge in [0.15, 0.2) is 0 Å². The number of piperazine rings is 1. The standard InChI is InChI=1S/C15H28N4S/c1-5-13-14(10-16-6-2)20-15(17-13)9-12-11-18(3)7-8-19(12)4/h12,16H,5-11H2,1-4H3. The second-order valence-corrected chi connectivity index (χ2v) is 6.88. The molecule has 1 fully saturated rings. The van der Waals surface area contributed by atoms with E-state index in [-0.39, 0.29) is 0 Å². The Kier molecular flexibility index (Phi) is 5.96. The molecule has 1 aliphatic heterocycles. The topological polar surface area (TPSA) is 31.4 Å². The van der Waals surface area contributed by atoms with E-state index >= 15 is 0 Å². The SMILES string of the molecule is CCNCc1sc(CC2CN(C)CCN2C)nc1CC. The van der Waals surface area contributed by atoms with Crippen LogP contribution < -0.4 is 5.32 Å². The zero-order chi connectivity index (χ0) is 14.5. The van der Waals surface area contributed by atoms with Crippen LogP contribution in [0.3, 0.4) is 0 Å². The fourth-order valence-corrected chi connectivity index (χ4v) is 3.90. The van der Waals surface area contributed by atoms with E-state index in [4.69, 9.17) is 4.98 Å². The number of hydrogen-bond donors (Lipinski definition) is 1. The quantitative estimate of drug-likeness (QED) is 0.864. The lowest BCUT2D eigenvalue weighted by Gasteiger charge is -2.37. The van der Waals surface area contributed by atoms with Crippen LogP contribution in [0.15, 0.2) is 0 Å². The van der Waals surface area contributed by atoms with Crippen molar-refractivity contribution in [2.24, 2.45) is 0 Å².